The van der Waals surface area contributed by atoms with E-state index in [4.69, 9.17) is 0 Å². The average Bonchev–Trinajstić information content (AvgIpc) is 2.66. The predicted octanol–water partition coefficient (Wildman–Crippen LogP) is 2.24. The molecule has 0 saturated heterocycles. The second-order valence-electron chi connectivity index (χ2n) is 3.53. The maximum absolute atomic E-state index is 12.7. The molecule has 2 rings (SSSR count). The van der Waals surface area contributed by atoms with E-state index in [1.165, 1.54) is 0 Å². The van der Waals surface area contributed by atoms with Crippen molar-refractivity contribution in [3.8, 4) is 5.69 Å². The van der Waals surface area contributed by atoms with E-state index in [1.807, 2.05) is 0 Å². The number of hydrogen-bond donors (Lipinski definition) is 0. The molecule has 1 aromatic carbocycles. The third-order valence-corrected chi connectivity index (χ3v) is 2.35. The van der Waals surface area contributed by atoms with Crippen LogP contribution >= 0.6 is 0 Å². The lowest BCUT2D eigenvalue weighted by Crippen LogP contribution is -2.39. The highest BCUT2D eigenvalue weighted by Gasteiger charge is 2.30. The van der Waals surface area contributed by atoms with Crippen LogP contribution in [-0.4, -0.2) is 16.8 Å². The Labute approximate surface area is 90.8 Å². The highest BCUT2D eigenvalue weighted by molar-refractivity contribution is 6.72. The Morgan fingerprint density at radius 2 is 1.81 bits per heavy atom. The first kappa shape index (κ1) is 10.8. The lowest BCUT2D eigenvalue weighted by molar-refractivity contribution is 0.495. The van der Waals surface area contributed by atoms with Gasteiger partial charge in [-0.2, -0.15) is 5.10 Å². The van der Waals surface area contributed by atoms with Gasteiger partial charge in [-0.05, 0) is 24.1 Å². The molecule has 0 fully saturated rings. The Bertz CT molecular complexity index is 505. The highest BCUT2D eigenvalue weighted by atomic mass is 19.4. The van der Waals surface area contributed by atoms with Crippen molar-refractivity contribution in [1.29, 1.82) is 0 Å². The van der Waals surface area contributed by atoms with Crippen LogP contribution < -0.4 is 5.59 Å². The van der Waals surface area contributed by atoms with E-state index in [9.17, 15) is 12.9 Å². The van der Waals surface area contributed by atoms with Crippen molar-refractivity contribution in [2.45, 2.75) is 6.92 Å². The normalized spacial score (nSPS) is 11.8. The Balaban J connectivity index is 2.58. The molecule has 1 heterocycles. The zero-order chi connectivity index (χ0) is 11.8. The van der Waals surface area contributed by atoms with E-state index in [0.29, 0.717) is 5.69 Å². The van der Waals surface area contributed by atoms with E-state index >= 15 is 0 Å². The molecule has 0 saturated carbocycles. The van der Waals surface area contributed by atoms with Gasteiger partial charge in [-0.1, -0.05) is 24.3 Å². The zero-order valence-corrected chi connectivity index (χ0v) is 8.57. The van der Waals surface area contributed by atoms with Crippen LogP contribution in [0, 0.1) is 6.92 Å². The summed E-state index contributed by atoms with van der Waals surface area (Å²) in [6.45, 7) is -3.28. The van der Waals surface area contributed by atoms with E-state index in [0.717, 1.165) is 22.5 Å². The topological polar surface area (TPSA) is 17.8 Å². The smallest absolute Gasteiger partial charge is 0.444 e. The molecular weight excluding hydrogens is 216 g/mol. The number of benzene rings is 1. The number of hydrogen-bond acceptors (Lipinski definition) is 1. The minimum Gasteiger partial charge on any atom is -0.444 e. The van der Waals surface area contributed by atoms with Crippen molar-refractivity contribution in [1.82, 2.24) is 9.78 Å². The van der Waals surface area contributed by atoms with Crippen LogP contribution in [0.4, 0.5) is 12.9 Å². The number of aryl methyl sites for hydroxylation is 1. The van der Waals surface area contributed by atoms with Crippen LogP contribution in [0.3, 0.4) is 0 Å². The van der Waals surface area contributed by atoms with Gasteiger partial charge in [0, 0.05) is 6.20 Å². The molecule has 0 atom stereocenters. The molecule has 0 aliphatic heterocycles. The lowest BCUT2D eigenvalue weighted by Gasteiger charge is -2.18. The first-order chi connectivity index (χ1) is 7.50. The SMILES string of the molecule is Cc1ccccc1-n1nccc1[B-](F)(F)F. The minimum atomic E-state index is -5.04. The summed E-state index contributed by atoms with van der Waals surface area (Å²) in [5.74, 6) is 0. The molecule has 0 aliphatic rings. The van der Waals surface area contributed by atoms with Gasteiger partial charge in [0.05, 0.1) is 5.69 Å². The second-order valence-corrected chi connectivity index (χ2v) is 3.53. The van der Waals surface area contributed by atoms with Crippen LogP contribution in [0.15, 0.2) is 36.5 Å². The summed E-state index contributed by atoms with van der Waals surface area (Å²) < 4.78 is 39.0. The average molecular weight is 225 g/mol. The van der Waals surface area contributed by atoms with Gasteiger partial charge >= 0.3 is 6.98 Å². The molecule has 0 N–H and O–H groups in total. The first-order valence-corrected chi connectivity index (χ1v) is 4.80. The van der Waals surface area contributed by atoms with Gasteiger partial charge < -0.3 is 12.9 Å². The standard InChI is InChI=1S/C10H9BF3N2/c1-8-4-2-3-5-9(8)16-10(6-7-15-16)11(12,13)14/h2-7H,1H3/q-1. The van der Waals surface area contributed by atoms with Crippen LogP contribution in [0.1, 0.15) is 5.56 Å². The Kier molecular flexibility index (Phi) is 2.49. The van der Waals surface area contributed by atoms with Crippen molar-refractivity contribution in [3.63, 3.8) is 0 Å². The molecular formula is C10H9BF3N2-. The molecule has 0 spiro atoms. The van der Waals surface area contributed by atoms with Crippen LogP contribution in [0.2, 0.25) is 0 Å². The minimum absolute atomic E-state index is 0.460. The third-order valence-electron chi connectivity index (χ3n) is 2.35. The van der Waals surface area contributed by atoms with Crippen LogP contribution in [-0.2, 0) is 0 Å². The number of halogens is 3. The van der Waals surface area contributed by atoms with Crippen LogP contribution in [0.5, 0.6) is 0 Å². The summed E-state index contributed by atoms with van der Waals surface area (Å²) in [7, 11) is 0. The fourth-order valence-corrected chi connectivity index (χ4v) is 1.56. The van der Waals surface area contributed by atoms with Gasteiger partial charge in [0.2, 0.25) is 0 Å². The van der Waals surface area contributed by atoms with Gasteiger partial charge in [-0.25, -0.2) is 0 Å². The van der Waals surface area contributed by atoms with Gasteiger partial charge in [0.15, 0.2) is 0 Å². The largest absolute Gasteiger partial charge is 0.527 e. The number of nitrogens with zero attached hydrogens (tertiary/aromatic N) is 2. The van der Waals surface area contributed by atoms with Gasteiger partial charge in [0.25, 0.3) is 0 Å². The van der Waals surface area contributed by atoms with Gasteiger partial charge in [-0.15, -0.1) is 0 Å². The van der Waals surface area contributed by atoms with Crippen molar-refractivity contribution in [2.75, 3.05) is 0 Å². The fourth-order valence-electron chi connectivity index (χ4n) is 1.56. The van der Waals surface area contributed by atoms with E-state index in [1.54, 1.807) is 31.2 Å². The molecule has 0 unspecified atom stereocenters. The maximum atomic E-state index is 12.7. The van der Waals surface area contributed by atoms with Gasteiger partial charge in [-0.3, -0.25) is 4.68 Å². The summed E-state index contributed by atoms with van der Waals surface area (Å²) >= 11 is 0. The first-order valence-electron chi connectivity index (χ1n) is 4.80. The summed E-state index contributed by atoms with van der Waals surface area (Å²) in [6.07, 6.45) is 1.16. The molecule has 2 nitrogen and oxygen atoms in total. The predicted molar refractivity (Wildman–Crippen MR) is 57.0 cm³/mol. The highest BCUT2D eigenvalue weighted by Crippen LogP contribution is 2.15. The van der Waals surface area contributed by atoms with Crippen molar-refractivity contribution in [3.05, 3.63) is 42.1 Å². The fraction of sp³-hybridized carbons (Fsp3) is 0.100. The molecule has 1 aromatic heterocycles. The van der Waals surface area contributed by atoms with E-state index < -0.39 is 12.6 Å². The third kappa shape index (κ3) is 1.82. The summed E-state index contributed by atoms with van der Waals surface area (Å²) in [5.41, 5.74) is 0.517. The maximum Gasteiger partial charge on any atom is 0.527 e. The molecule has 0 bridgehead atoms. The summed E-state index contributed by atoms with van der Waals surface area (Å²) in [5, 5.41) is 3.73. The number of rotatable bonds is 2. The van der Waals surface area contributed by atoms with Gasteiger partial charge in [0.1, 0.15) is 0 Å². The molecule has 6 heteroatoms. The van der Waals surface area contributed by atoms with Crippen molar-refractivity contribution < 1.29 is 12.9 Å². The summed E-state index contributed by atoms with van der Waals surface area (Å²) in [4.78, 5) is 0. The summed E-state index contributed by atoms with van der Waals surface area (Å²) in [6, 6.07) is 7.84. The number of aromatic nitrogens is 2. The Morgan fingerprint density at radius 3 is 2.44 bits per heavy atom. The second kappa shape index (κ2) is 3.70. The molecule has 0 amide bonds. The molecule has 16 heavy (non-hydrogen) atoms. The molecule has 0 radical (unpaired) electrons. The van der Waals surface area contributed by atoms with E-state index in [2.05, 4.69) is 5.10 Å². The Morgan fingerprint density at radius 1 is 1.12 bits per heavy atom. The quantitative estimate of drug-likeness (QED) is 0.716. The lowest BCUT2D eigenvalue weighted by atomic mass is 9.86. The van der Waals surface area contributed by atoms with Crippen molar-refractivity contribution >= 4 is 12.6 Å². The number of para-hydroxylation sites is 1. The van der Waals surface area contributed by atoms with Crippen LogP contribution in [0.25, 0.3) is 5.69 Å². The molecule has 0 aliphatic carbocycles. The van der Waals surface area contributed by atoms with E-state index in [-0.39, 0.29) is 0 Å². The zero-order valence-electron chi connectivity index (χ0n) is 8.57. The van der Waals surface area contributed by atoms with Crippen molar-refractivity contribution in [2.24, 2.45) is 0 Å². The molecule has 84 valence electrons. The monoisotopic (exact) mass is 225 g/mol. The molecule has 2 aromatic rings. The Hall–Kier alpha value is -1.72.